The third-order valence-corrected chi connectivity index (χ3v) is 3.91. The highest BCUT2D eigenvalue weighted by Gasteiger charge is 2.46. The second-order valence-electron chi connectivity index (χ2n) is 5.46. The number of hydrogen-bond acceptors (Lipinski definition) is 3. The zero-order valence-electron chi connectivity index (χ0n) is 10.2. The second kappa shape index (κ2) is 4.72. The number of carboxylic acid groups (broad SMARTS) is 1. The van der Waals surface area contributed by atoms with Crippen molar-refractivity contribution in [3.63, 3.8) is 0 Å². The van der Waals surface area contributed by atoms with E-state index in [0.717, 1.165) is 25.4 Å². The average Bonchev–Trinajstić information content (AvgIpc) is 2.96. The van der Waals surface area contributed by atoms with Gasteiger partial charge in [-0.2, -0.15) is 0 Å². The van der Waals surface area contributed by atoms with Gasteiger partial charge in [0.05, 0.1) is 5.92 Å². The largest absolute Gasteiger partial charge is 0.481 e. The molecule has 0 radical (unpaired) electrons. The lowest BCUT2D eigenvalue weighted by molar-refractivity contribution is -0.139. The summed E-state index contributed by atoms with van der Waals surface area (Å²) < 4.78 is 0. The van der Waals surface area contributed by atoms with Crippen molar-refractivity contribution in [3.8, 4) is 0 Å². The van der Waals surface area contributed by atoms with E-state index in [4.69, 9.17) is 5.11 Å². The van der Waals surface area contributed by atoms with E-state index in [-0.39, 0.29) is 5.92 Å². The zero-order valence-corrected chi connectivity index (χ0v) is 10.2. The Morgan fingerprint density at radius 1 is 1.56 bits per heavy atom. The highest BCUT2D eigenvalue weighted by Crippen LogP contribution is 2.35. The summed E-state index contributed by atoms with van der Waals surface area (Å²) in [6, 6.07) is 0.296. The molecule has 1 saturated heterocycles. The van der Waals surface area contributed by atoms with Gasteiger partial charge in [0.25, 0.3) is 0 Å². The number of carboxylic acids is 1. The van der Waals surface area contributed by atoms with Gasteiger partial charge in [-0.25, -0.2) is 0 Å². The molecule has 0 aromatic heterocycles. The Bertz CT molecular complexity index is 270. The summed E-state index contributed by atoms with van der Waals surface area (Å²) in [6.45, 7) is 3.43. The fourth-order valence-corrected chi connectivity index (χ4v) is 2.90. The van der Waals surface area contributed by atoms with Crippen molar-refractivity contribution in [1.29, 1.82) is 0 Å². The smallest absolute Gasteiger partial charge is 0.308 e. The fourth-order valence-electron chi connectivity index (χ4n) is 2.90. The van der Waals surface area contributed by atoms with Crippen LogP contribution < -0.4 is 0 Å². The Hall–Kier alpha value is -0.610. The molecule has 0 amide bonds. The average molecular weight is 226 g/mol. The molecule has 2 rings (SSSR count). The topological polar surface area (TPSA) is 43.8 Å². The number of rotatable bonds is 4. The van der Waals surface area contributed by atoms with E-state index >= 15 is 0 Å². The second-order valence-corrected chi connectivity index (χ2v) is 5.46. The van der Waals surface area contributed by atoms with Gasteiger partial charge in [0, 0.05) is 19.1 Å². The molecule has 0 aromatic carbocycles. The van der Waals surface area contributed by atoms with Crippen LogP contribution in [-0.2, 0) is 4.79 Å². The summed E-state index contributed by atoms with van der Waals surface area (Å²) in [7, 11) is 4.24. The zero-order chi connectivity index (χ0) is 11.7. The van der Waals surface area contributed by atoms with Crippen molar-refractivity contribution in [1.82, 2.24) is 9.80 Å². The van der Waals surface area contributed by atoms with Crippen LogP contribution in [0.2, 0.25) is 0 Å². The van der Waals surface area contributed by atoms with Crippen LogP contribution in [0.1, 0.15) is 19.3 Å². The fraction of sp³-hybridized carbons (Fsp3) is 0.917. The first-order valence-electron chi connectivity index (χ1n) is 6.19. The molecule has 2 fully saturated rings. The van der Waals surface area contributed by atoms with E-state index in [1.165, 1.54) is 19.4 Å². The lowest BCUT2D eigenvalue weighted by Crippen LogP contribution is -2.39. The van der Waals surface area contributed by atoms with Crippen LogP contribution >= 0.6 is 0 Å². The molecular formula is C12H22N2O2. The van der Waals surface area contributed by atoms with Crippen LogP contribution in [0.5, 0.6) is 0 Å². The van der Waals surface area contributed by atoms with E-state index in [9.17, 15) is 4.79 Å². The first-order chi connectivity index (χ1) is 7.58. The summed E-state index contributed by atoms with van der Waals surface area (Å²) in [4.78, 5) is 15.4. The first kappa shape index (κ1) is 11.9. The Morgan fingerprint density at radius 2 is 2.31 bits per heavy atom. The van der Waals surface area contributed by atoms with Crippen LogP contribution in [0.25, 0.3) is 0 Å². The molecule has 92 valence electrons. The molecule has 16 heavy (non-hydrogen) atoms. The molecule has 4 heteroatoms. The number of carbonyl (C=O) groups is 1. The molecule has 3 unspecified atom stereocenters. The third-order valence-electron chi connectivity index (χ3n) is 3.91. The predicted octanol–water partition coefficient (Wildman–Crippen LogP) is 0.733. The van der Waals surface area contributed by atoms with E-state index in [2.05, 4.69) is 23.9 Å². The Labute approximate surface area is 97.2 Å². The van der Waals surface area contributed by atoms with Crippen LogP contribution in [0.15, 0.2) is 0 Å². The van der Waals surface area contributed by atoms with E-state index in [1.807, 2.05) is 0 Å². The molecular weight excluding hydrogens is 204 g/mol. The van der Waals surface area contributed by atoms with Gasteiger partial charge in [-0.3, -0.25) is 4.79 Å². The molecule has 1 aliphatic heterocycles. The minimum absolute atomic E-state index is 0.105. The lowest BCUT2D eigenvalue weighted by atomic mass is 9.98. The number of piperidine rings is 1. The number of likely N-dealkylation sites (tertiary alicyclic amines) is 1. The molecule has 4 nitrogen and oxygen atoms in total. The Morgan fingerprint density at radius 3 is 2.88 bits per heavy atom. The number of hydrogen-bond donors (Lipinski definition) is 1. The van der Waals surface area contributed by atoms with Gasteiger partial charge in [-0.05, 0) is 45.8 Å². The number of aliphatic carboxylic acids is 1. The standard InChI is InChI=1S/C12H22N2O2/c1-13-5-3-4-9(7-13)8-14(2)11-6-10(11)12(15)16/h9-11H,3-8H2,1-2H3,(H,15,16). The minimum atomic E-state index is -0.627. The quantitative estimate of drug-likeness (QED) is 0.767. The molecule has 3 atom stereocenters. The monoisotopic (exact) mass is 226 g/mol. The maximum Gasteiger partial charge on any atom is 0.308 e. The van der Waals surface area contributed by atoms with E-state index < -0.39 is 5.97 Å². The lowest BCUT2D eigenvalue weighted by Gasteiger charge is -2.32. The molecule has 0 spiro atoms. The highest BCUT2D eigenvalue weighted by atomic mass is 16.4. The molecule has 1 aliphatic carbocycles. The maximum atomic E-state index is 10.8. The first-order valence-corrected chi connectivity index (χ1v) is 6.19. The molecule has 2 aliphatic rings. The van der Waals surface area contributed by atoms with Gasteiger partial charge in [0.2, 0.25) is 0 Å². The minimum Gasteiger partial charge on any atom is -0.481 e. The van der Waals surface area contributed by atoms with Crippen LogP contribution in [0.4, 0.5) is 0 Å². The Balaban J connectivity index is 1.75. The SMILES string of the molecule is CN1CCCC(CN(C)C2CC2C(=O)O)C1. The predicted molar refractivity (Wildman–Crippen MR) is 62.4 cm³/mol. The third kappa shape index (κ3) is 2.74. The van der Waals surface area contributed by atoms with Gasteiger partial charge in [0.15, 0.2) is 0 Å². The highest BCUT2D eigenvalue weighted by molar-refractivity contribution is 5.74. The van der Waals surface area contributed by atoms with Crippen molar-refractivity contribution >= 4 is 5.97 Å². The van der Waals surface area contributed by atoms with E-state index in [1.54, 1.807) is 0 Å². The summed E-state index contributed by atoms with van der Waals surface area (Å²) in [5.41, 5.74) is 0. The molecule has 1 N–H and O–H groups in total. The number of nitrogens with zero attached hydrogens (tertiary/aromatic N) is 2. The molecule has 1 heterocycles. The summed E-state index contributed by atoms with van der Waals surface area (Å²) in [5, 5.41) is 8.89. The molecule has 0 bridgehead atoms. The van der Waals surface area contributed by atoms with Crippen LogP contribution in [0.3, 0.4) is 0 Å². The Kier molecular flexibility index (Phi) is 3.50. The van der Waals surface area contributed by atoms with Gasteiger partial charge in [-0.1, -0.05) is 0 Å². The molecule has 0 aromatic rings. The summed E-state index contributed by atoms with van der Waals surface area (Å²) in [5.74, 6) is -0.0114. The van der Waals surface area contributed by atoms with Crippen molar-refractivity contribution in [2.45, 2.75) is 25.3 Å². The van der Waals surface area contributed by atoms with Crippen molar-refractivity contribution in [2.24, 2.45) is 11.8 Å². The van der Waals surface area contributed by atoms with E-state index in [0.29, 0.717) is 6.04 Å². The van der Waals surface area contributed by atoms with Gasteiger partial charge >= 0.3 is 5.97 Å². The van der Waals surface area contributed by atoms with Gasteiger partial charge in [-0.15, -0.1) is 0 Å². The van der Waals surface area contributed by atoms with Crippen molar-refractivity contribution in [3.05, 3.63) is 0 Å². The van der Waals surface area contributed by atoms with Gasteiger partial charge < -0.3 is 14.9 Å². The van der Waals surface area contributed by atoms with Crippen molar-refractivity contribution < 1.29 is 9.90 Å². The summed E-state index contributed by atoms with van der Waals surface area (Å²) >= 11 is 0. The van der Waals surface area contributed by atoms with Gasteiger partial charge in [0.1, 0.15) is 0 Å². The van der Waals surface area contributed by atoms with Crippen LogP contribution in [0, 0.1) is 11.8 Å². The van der Waals surface area contributed by atoms with Crippen molar-refractivity contribution in [2.75, 3.05) is 33.7 Å². The summed E-state index contributed by atoms with van der Waals surface area (Å²) in [6.07, 6.45) is 3.41. The maximum absolute atomic E-state index is 10.8. The van der Waals surface area contributed by atoms with Crippen LogP contribution in [-0.4, -0.2) is 60.6 Å². The normalized spacial score (nSPS) is 35.3. The molecule has 1 saturated carbocycles.